The molecule has 6 nitrogen and oxygen atoms in total. The van der Waals surface area contributed by atoms with E-state index in [-0.39, 0.29) is 16.7 Å². The van der Waals surface area contributed by atoms with Crippen molar-refractivity contribution in [3.8, 4) is 0 Å². The van der Waals surface area contributed by atoms with Crippen LogP contribution in [0.4, 0.5) is 5.69 Å². The van der Waals surface area contributed by atoms with Gasteiger partial charge in [-0.2, -0.15) is 4.31 Å². The molecule has 4 rings (SSSR count). The van der Waals surface area contributed by atoms with Gasteiger partial charge in [0, 0.05) is 41.2 Å². The molecule has 1 saturated heterocycles. The van der Waals surface area contributed by atoms with Gasteiger partial charge in [0.1, 0.15) is 4.90 Å². The molecular weight excluding hydrogens is 418 g/mol. The molecule has 0 spiro atoms. The summed E-state index contributed by atoms with van der Waals surface area (Å²) in [5.74, 6) is -0.267. The molecule has 1 aliphatic heterocycles. The van der Waals surface area contributed by atoms with E-state index in [0.29, 0.717) is 31.4 Å². The molecule has 0 bridgehead atoms. The van der Waals surface area contributed by atoms with Crippen molar-refractivity contribution >= 4 is 44.3 Å². The molecule has 0 saturated carbocycles. The lowest BCUT2D eigenvalue weighted by molar-refractivity contribution is -0.120. The van der Waals surface area contributed by atoms with E-state index in [1.54, 1.807) is 36.2 Å². The molecule has 1 amide bonds. The zero-order valence-electron chi connectivity index (χ0n) is 16.6. The number of carbonyl (C=O) groups excluding carboxylic acids is 1. The van der Waals surface area contributed by atoms with Gasteiger partial charge in [-0.05, 0) is 49.4 Å². The average molecular weight is 442 g/mol. The predicted molar refractivity (Wildman–Crippen MR) is 120 cm³/mol. The van der Waals surface area contributed by atoms with Crippen LogP contribution in [0.3, 0.4) is 0 Å². The maximum Gasteiger partial charge on any atom is 0.245 e. The van der Waals surface area contributed by atoms with Crippen LogP contribution in [0, 0.1) is 5.92 Å². The number of para-hydroxylation sites is 1. The van der Waals surface area contributed by atoms with Crippen LogP contribution in [-0.4, -0.2) is 43.0 Å². The quantitative estimate of drug-likeness (QED) is 0.606. The predicted octanol–water partition coefficient (Wildman–Crippen LogP) is 4.00. The summed E-state index contributed by atoms with van der Waals surface area (Å²) in [4.78, 5) is 18.2. The van der Waals surface area contributed by atoms with Crippen LogP contribution >= 0.6 is 11.8 Å². The standard InChI is InChI=1S/C22H23N3O3S2/c1-29-19-8-3-7-18(15-19)24-22(26)17-10-13-25(14-11-17)30(27,28)20-9-2-5-16-6-4-12-23-21(16)20/h2-9,12,15,17H,10-11,13-14H2,1H3,(H,24,26). The monoisotopic (exact) mass is 441 g/mol. The van der Waals surface area contributed by atoms with Crippen LogP contribution in [0.2, 0.25) is 0 Å². The highest BCUT2D eigenvalue weighted by atomic mass is 32.2. The van der Waals surface area contributed by atoms with E-state index in [0.717, 1.165) is 16.0 Å². The number of nitrogens with zero attached hydrogens (tertiary/aromatic N) is 2. The Morgan fingerprint density at radius 1 is 1.10 bits per heavy atom. The minimum Gasteiger partial charge on any atom is -0.326 e. The molecule has 0 radical (unpaired) electrons. The number of hydrogen-bond donors (Lipinski definition) is 1. The Bertz CT molecular complexity index is 1170. The van der Waals surface area contributed by atoms with Crippen molar-refractivity contribution in [1.29, 1.82) is 0 Å². The van der Waals surface area contributed by atoms with Crippen molar-refractivity contribution in [3.05, 3.63) is 60.8 Å². The molecule has 1 N–H and O–H groups in total. The van der Waals surface area contributed by atoms with Gasteiger partial charge < -0.3 is 5.32 Å². The number of carbonyl (C=O) groups is 1. The summed E-state index contributed by atoms with van der Waals surface area (Å²) in [7, 11) is -3.67. The fourth-order valence-corrected chi connectivity index (χ4v) is 5.82. The minimum atomic E-state index is -3.67. The van der Waals surface area contributed by atoms with Crippen molar-refractivity contribution in [3.63, 3.8) is 0 Å². The van der Waals surface area contributed by atoms with Gasteiger partial charge in [0.25, 0.3) is 0 Å². The number of thioether (sulfide) groups is 1. The summed E-state index contributed by atoms with van der Waals surface area (Å²) in [5, 5.41) is 3.76. The van der Waals surface area contributed by atoms with E-state index in [1.165, 1.54) is 4.31 Å². The summed E-state index contributed by atoms with van der Waals surface area (Å²) >= 11 is 1.62. The van der Waals surface area contributed by atoms with Crippen molar-refractivity contribution in [2.75, 3.05) is 24.7 Å². The second kappa shape index (κ2) is 8.75. The van der Waals surface area contributed by atoms with Crippen LogP contribution < -0.4 is 5.32 Å². The largest absolute Gasteiger partial charge is 0.326 e. The zero-order valence-corrected chi connectivity index (χ0v) is 18.2. The Morgan fingerprint density at radius 2 is 1.83 bits per heavy atom. The number of rotatable bonds is 5. The lowest BCUT2D eigenvalue weighted by atomic mass is 9.97. The van der Waals surface area contributed by atoms with E-state index in [2.05, 4.69) is 10.3 Å². The van der Waals surface area contributed by atoms with Crippen molar-refractivity contribution < 1.29 is 13.2 Å². The fraction of sp³-hybridized carbons (Fsp3) is 0.273. The molecule has 1 fully saturated rings. The number of hydrogen-bond acceptors (Lipinski definition) is 5. The zero-order chi connectivity index (χ0) is 21.1. The first kappa shape index (κ1) is 20.8. The summed E-state index contributed by atoms with van der Waals surface area (Å²) in [6.45, 7) is 0.628. The van der Waals surface area contributed by atoms with E-state index >= 15 is 0 Å². The van der Waals surface area contributed by atoms with Crippen LogP contribution in [0.25, 0.3) is 10.9 Å². The van der Waals surface area contributed by atoms with Gasteiger partial charge in [0.15, 0.2) is 0 Å². The number of pyridine rings is 1. The van der Waals surface area contributed by atoms with Gasteiger partial charge in [-0.15, -0.1) is 11.8 Å². The Labute approximate surface area is 180 Å². The maximum atomic E-state index is 13.2. The lowest BCUT2D eigenvalue weighted by Crippen LogP contribution is -2.41. The fourth-order valence-electron chi connectivity index (χ4n) is 3.73. The first-order valence-corrected chi connectivity index (χ1v) is 12.4. The van der Waals surface area contributed by atoms with Gasteiger partial charge in [0.05, 0.1) is 5.52 Å². The molecule has 3 aromatic rings. The number of piperidine rings is 1. The van der Waals surface area contributed by atoms with Crippen LogP contribution in [0.1, 0.15) is 12.8 Å². The van der Waals surface area contributed by atoms with Crippen molar-refractivity contribution in [1.82, 2.24) is 9.29 Å². The lowest BCUT2D eigenvalue weighted by Gasteiger charge is -2.30. The molecule has 30 heavy (non-hydrogen) atoms. The summed E-state index contributed by atoms with van der Waals surface area (Å²) in [6.07, 6.45) is 4.57. The van der Waals surface area contributed by atoms with Gasteiger partial charge in [0.2, 0.25) is 15.9 Å². The van der Waals surface area contributed by atoms with E-state index < -0.39 is 10.0 Å². The van der Waals surface area contributed by atoms with E-state index in [9.17, 15) is 13.2 Å². The summed E-state index contributed by atoms with van der Waals surface area (Å²) in [5.41, 5.74) is 1.25. The topological polar surface area (TPSA) is 79.4 Å². The minimum absolute atomic E-state index is 0.0582. The summed E-state index contributed by atoms with van der Waals surface area (Å²) in [6, 6.07) is 16.5. The first-order chi connectivity index (χ1) is 14.5. The molecule has 156 valence electrons. The number of sulfonamides is 1. The average Bonchev–Trinajstić information content (AvgIpc) is 2.79. The third kappa shape index (κ3) is 4.21. The third-order valence-corrected chi connectivity index (χ3v) is 8.03. The van der Waals surface area contributed by atoms with Crippen LogP contribution in [0.5, 0.6) is 0 Å². The number of nitrogens with one attached hydrogen (secondary N) is 1. The van der Waals surface area contributed by atoms with Gasteiger partial charge >= 0.3 is 0 Å². The summed E-state index contributed by atoms with van der Waals surface area (Å²) < 4.78 is 27.9. The molecular formula is C22H23N3O3S2. The Hall–Kier alpha value is -2.42. The number of benzene rings is 2. The first-order valence-electron chi connectivity index (χ1n) is 9.78. The number of amides is 1. The Kier molecular flexibility index (Phi) is 6.08. The van der Waals surface area contributed by atoms with Crippen molar-refractivity contribution in [2.24, 2.45) is 5.92 Å². The van der Waals surface area contributed by atoms with Crippen LogP contribution in [0.15, 0.2) is 70.6 Å². The second-order valence-electron chi connectivity index (χ2n) is 7.23. The number of aromatic nitrogens is 1. The van der Waals surface area contributed by atoms with E-state index in [1.807, 2.05) is 42.7 Å². The SMILES string of the molecule is CSc1cccc(NC(=O)C2CCN(S(=O)(=O)c3cccc4cccnc34)CC2)c1. The second-order valence-corrected chi connectivity index (χ2v) is 10.0. The smallest absolute Gasteiger partial charge is 0.245 e. The maximum absolute atomic E-state index is 13.2. The molecule has 1 aromatic heterocycles. The number of fused-ring (bicyclic) bond motifs is 1. The highest BCUT2D eigenvalue weighted by molar-refractivity contribution is 7.98. The van der Waals surface area contributed by atoms with Gasteiger partial charge in [-0.3, -0.25) is 9.78 Å². The molecule has 8 heteroatoms. The number of anilines is 1. The molecule has 0 aliphatic carbocycles. The Balaban J connectivity index is 1.45. The van der Waals surface area contributed by atoms with Crippen molar-refractivity contribution in [2.45, 2.75) is 22.6 Å². The Morgan fingerprint density at radius 3 is 2.60 bits per heavy atom. The molecule has 2 aromatic carbocycles. The normalized spacial score (nSPS) is 15.9. The third-order valence-electron chi connectivity index (χ3n) is 5.38. The molecule has 0 unspecified atom stereocenters. The van der Waals surface area contributed by atoms with Crippen LogP contribution in [-0.2, 0) is 14.8 Å². The highest BCUT2D eigenvalue weighted by Gasteiger charge is 2.33. The molecule has 2 heterocycles. The van der Waals surface area contributed by atoms with E-state index in [4.69, 9.17) is 0 Å². The highest BCUT2D eigenvalue weighted by Crippen LogP contribution is 2.28. The molecule has 1 aliphatic rings. The van der Waals surface area contributed by atoms with Gasteiger partial charge in [-0.1, -0.05) is 24.3 Å². The molecule has 0 atom stereocenters. The van der Waals surface area contributed by atoms with Gasteiger partial charge in [-0.25, -0.2) is 8.42 Å².